The number of halogens is 1. The number of rotatable bonds is 9. The highest BCUT2D eigenvalue weighted by Crippen LogP contribution is 2.34. The van der Waals surface area contributed by atoms with E-state index < -0.39 is 90.8 Å². The fraction of sp³-hybridized carbons (Fsp3) is 0.621. The molecule has 0 saturated carbocycles. The minimum Gasteiger partial charge on any atom is -0.468 e. The van der Waals surface area contributed by atoms with E-state index in [1.807, 2.05) is 24.3 Å². The summed E-state index contributed by atoms with van der Waals surface area (Å²) in [5.41, 5.74) is 2.11. The fourth-order valence-electron chi connectivity index (χ4n) is 5.63. The Morgan fingerprint density at radius 3 is 2.29 bits per heavy atom. The molecule has 3 aliphatic heterocycles. The Kier molecular flexibility index (Phi) is 13.7. The molecule has 270 valence electrons. The van der Waals surface area contributed by atoms with Gasteiger partial charge in [0.15, 0.2) is 18.7 Å². The Balaban J connectivity index is 0.000000223. The summed E-state index contributed by atoms with van der Waals surface area (Å²) in [7, 11) is -2.73. The number of ether oxygens (including phenoxy) is 4. The van der Waals surface area contributed by atoms with Crippen molar-refractivity contribution in [2.75, 3.05) is 33.1 Å². The summed E-state index contributed by atoms with van der Waals surface area (Å²) >= 11 is 8.07. The number of aliphatic hydroxyl groups is 7. The SMILES string of the molecule is COC(=O)[C@H](c1ccccc1Cl)N1CCc2sccc2C1.CS(=O)(=O)O[C@H]1[C@H](O[C@H]2[C@H](O)[C@@H](O)[C@H](O)O[C@@H]2CO)O[C@H](CO)[C@H](O)[C@@H]1O. The Morgan fingerprint density at radius 2 is 1.67 bits per heavy atom. The minimum atomic E-state index is -4.16. The zero-order chi connectivity index (χ0) is 35.3. The second-order valence-electron chi connectivity index (χ2n) is 11.3. The first-order valence-electron chi connectivity index (χ1n) is 14.8. The maximum Gasteiger partial charge on any atom is 0.327 e. The zero-order valence-electron chi connectivity index (χ0n) is 25.9. The number of hydrogen-bond donors (Lipinski definition) is 7. The quantitative estimate of drug-likeness (QED) is 0.111. The van der Waals surface area contributed by atoms with Gasteiger partial charge in [0.25, 0.3) is 10.1 Å². The maximum atomic E-state index is 12.3. The lowest BCUT2D eigenvalue weighted by molar-refractivity contribution is -0.352. The molecule has 19 heteroatoms. The van der Waals surface area contributed by atoms with Crippen LogP contribution in [0, 0.1) is 0 Å². The van der Waals surface area contributed by atoms with E-state index in [0.717, 1.165) is 25.1 Å². The van der Waals surface area contributed by atoms with Crippen LogP contribution in [0.4, 0.5) is 0 Å². The van der Waals surface area contributed by atoms with Crippen molar-refractivity contribution in [3.8, 4) is 0 Å². The number of carbonyl (C=O) groups excluding carboxylic acids is 1. The van der Waals surface area contributed by atoms with Crippen LogP contribution < -0.4 is 0 Å². The number of nitrogens with zero attached hydrogens (tertiary/aromatic N) is 1. The highest BCUT2D eigenvalue weighted by atomic mass is 35.5. The molecule has 4 heterocycles. The molecule has 1 aromatic heterocycles. The van der Waals surface area contributed by atoms with Crippen LogP contribution in [-0.2, 0) is 51.0 Å². The Labute approximate surface area is 285 Å². The average Bonchev–Trinajstić information content (AvgIpc) is 3.53. The van der Waals surface area contributed by atoms with Crippen LogP contribution in [0.2, 0.25) is 5.02 Å². The molecule has 11 atom stereocenters. The van der Waals surface area contributed by atoms with E-state index in [1.165, 1.54) is 17.6 Å². The number of hydrogen-bond acceptors (Lipinski definition) is 17. The molecule has 0 aliphatic carbocycles. The second kappa shape index (κ2) is 16.9. The topological polar surface area (TPSA) is 242 Å². The highest BCUT2D eigenvalue weighted by molar-refractivity contribution is 7.86. The maximum absolute atomic E-state index is 12.3. The van der Waals surface area contributed by atoms with Crippen molar-refractivity contribution in [1.29, 1.82) is 0 Å². The Hall–Kier alpha value is -1.85. The van der Waals surface area contributed by atoms with Gasteiger partial charge in [-0.25, -0.2) is 4.79 Å². The number of esters is 1. The number of carbonyl (C=O) groups is 1. The molecule has 2 fully saturated rings. The molecule has 2 aromatic rings. The molecular weight excluding hydrogens is 702 g/mol. The van der Waals surface area contributed by atoms with E-state index in [0.29, 0.717) is 11.3 Å². The molecule has 16 nitrogen and oxygen atoms in total. The van der Waals surface area contributed by atoms with Gasteiger partial charge in [0.05, 0.1) is 26.6 Å². The summed E-state index contributed by atoms with van der Waals surface area (Å²) in [5, 5.41) is 70.7. The van der Waals surface area contributed by atoms with E-state index in [4.69, 9.17) is 34.7 Å². The lowest BCUT2D eigenvalue weighted by Gasteiger charge is -2.45. The van der Waals surface area contributed by atoms with Crippen LogP contribution in [0.3, 0.4) is 0 Å². The molecule has 0 unspecified atom stereocenters. The van der Waals surface area contributed by atoms with Crippen LogP contribution in [0.25, 0.3) is 0 Å². The van der Waals surface area contributed by atoms with E-state index in [2.05, 4.69) is 16.3 Å². The van der Waals surface area contributed by atoms with Gasteiger partial charge >= 0.3 is 5.97 Å². The van der Waals surface area contributed by atoms with Crippen molar-refractivity contribution in [3.05, 3.63) is 56.7 Å². The number of benzene rings is 1. The number of aliphatic hydroxyl groups excluding tert-OH is 7. The van der Waals surface area contributed by atoms with Crippen molar-refractivity contribution >= 4 is 39.0 Å². The van der Waals surface area contributed by atoms with E-state index >= 15 is 0 Å². The third-order valence-electron chi connectivity index (χ3n) is 8.07. The van der Waals surface area contributed by atoms with Crippen molar-refractivity contribution in [3.63, 3.8) is 0 Å². The molecule has 0 amide bonds. The van der Waals surface area contributed by atoms with Crippen LogP contribution in [0.1, 0.15) is 22.0 Å². The summed E-state index contributed by atoms with van der Waals surface area (Å²) in [6, 6.07) is 9.16. The highest BCUT2D eigenvalue weighted by Gasteiger charge is 2.52. The van der Waals surface area contributed by atoms with Gasteiger partial charge in [-0.1, -0.05) is 29.8 Å². The van der Waals surface area contributed by atoms with Gasteiger partial charge in [-0.2, -0.15) is 8.42 Å². The number of fused-ring (bicyclic) bond motifs is 1. The van der Waals surface area contributed by atoms with Crippen LogP contribution in [-0.4, -0.2) is 150 Å². The third-order valence-corrected chi connectivity index (χ3v) is 10.0. The summed E-state index contributed by atoms with van der Waals surface area (Å²) in [6.07, 6.45) is -15.2. The van der Waals surface area contributed by atoms with Gasteiger partial charge < -0.3 is 54.7 Å². The van der Waals surface area contributed by atoms with Crippen molar-refractivity contribution in [1.82, 2.24) is 4.90 Å². The normalized spacial score (nSPS) is 33.2. The van der Waals surface area contributed by atoms with E-state index in [-0.39, 0.29) is 5.97 Å². The summed E-state index contributed by atoms with van der Waals surface area (Å²) < 4.78 is 48.1. The largest absolute Gasteiger partial charge is 0.468 e. The van der Waals surface area contributed by atoms with Gasteiger partial charge in [0.2, 0.25) is 0 Å². The Morgan fingerprint density at radius 1 is 1.00 bits per heavy atom. The molecular formula is C29H40ClNO15S2. The van der Waals surface area contributed by atoms with Crippen LogP contribution in [0.5, 0.6) is 0 Å². The first-order valence-corrected chi connectivity index (χ1v) is 17.9. The van der Waals surface area contributed by atoms with Gasteiger partial charge in [0, 0.05) is 23.0 Å². The fourth-order valence-corrected chi connectivity index (χ4v) is 7.37. The smallest absolute Gasteiger partial charge is 0.327 e. The molecule has 48 heavy (non-hydrogen) atoms. The first kappa shape index (κ1) is 38.9. The molecule has 0 radical (unpaired) electrons. The third kappa shape index (κ3) is 9.08. The van der Waals surface area contributed by atoms with Crippen molar-refractivity contribution in [2.24, 2.45) is 0 Å². The zero-order valence-corrected chi connectivity index (χ0v) is 28.3. The molecule has 1 aromatic carbocycles. The lowest BCUT2D eigenvalue weighted by atomic mass is 9.97. The molecule has 2 saturated heterocycles. The van der Waals surface area contributed by atoms with Crippen molar-refractivity contribution in [2.45, 2.75) is 80.4 Å². The number of methoxy groups -OCH3 is 1. The molecule has 5 rings (SSSR count). The van der Waals surface area contributed by atoms with Gasteiger partial charge in [-0.05, 0) is 35.1 Å². The minimum absolute atomic E-state index is 0.262. The van der Waals surface area contributed by atoms with Gasteiger partial charge in [0.1, 0.15) is 48.8 Å². The Bertz CT molecular complexity index is 1460. The van der Waals surface area contributed by atoms with Gasteiger partial charge in [-0.3, -0.25) is 9.08 Å². The lowest BCUT2D eigenvalue weighted by Crippen LogP contribution is -2.65. The standard InChI is InChI=1S/C16H16ClNO2S.C13H24O13S/c1-20-16(19)15(12-4-2-3-5-13(12)17)18-8-6-14-11(10-18)7-9-21-14;1-27(21,22)26-11-7(17)6(16)4(2-14)24-13(11)25-10-5(3-15)23-12(20)9(19)8(10)18/h2-5,7,9,15H,6,8,10H2,1H3;4-20H,2-3H2,1H3/t15-;4-,5-,6+,7+,8-,9-,10-,11-,12-,13+/m01/s1. The summed E-state index contributed by atoms with van der Waals surface area (Å²) in [5.74, 6) is -0.262. The van der Waals surface area contributed by atoms with E-state index in [1.54, 1.807) is 11.3 Å². The summed E-state index contributed by atoms with van der Waals surface area (Å²) in [6.45, 7) is 0.0604. The predicted molar refractivity (Wildman–Crippen MR) is 167 cm³/mol. The van der Waals surface area contributed by atoms with E-state index in [9.17, 15) is 49.0 Å². The molecule has 7 N–H and O–H groups in total. The summed E-state index contributed by atoms with van der Waals surface area (Å²) in [4.78, 5) is 15.8. The monoisotopic (exact) mass is 741 g/mol. The molecule has 0 bridgehead atoms. The number of thiophene rings is 1. The first-order chi connectivity index (χ1) is 22.7. The second-order valence-corrected chi connectivity index (χ2v) is 14.3. The molecule has 3 aliphatic rings. The average molecular weight is 742 g/mol. The van der Waals surface area contributed by atoms with Crippen LogP contribution in [0.15, 0.2) is 35.7 Å². The predicted octanol–water partition coefficient (Wildman–Crippen LogP) is -1.74. The van der Waals surface area contributed by atoms with Gasteiger partial charge in [-0.15, -0.1) is 11.3 Å². The van der Waals surface area contributed by atoms with Crippen LogP contribution >= 0.6 is 22.9 Å². The van der Waals surface area contributed by atoms with Crippen molar-refractivity contribution < 1.29 is 72.1 Å². The molecule has 0 spiro atoms.